The topological polar surface area (TPSA) is 0 Å². The molecule has 0 radical (unpaired) electrons. The summed E-state index contributed by atoms with van der Waals surface area (Å²) in [5, 5.41) is 6.33. The van der Waals surface area contributed by atoms with Gasteiger partial charge in [-0.25, -0.2) is 0 Å². The van der Waals surface area contributed by atoms with E-state index in [0.717, 1.165) is 33.7 Å². The second-order valence-corrected chi connectivity index (χ2v) is 22.9. The predicted molar refractivity (Wildman–Crippen MR) is 215 cm³/mol. The van der Waals surface area contributed by atoms with Gasteiger partial charge in [0.05, 0.1) is 0 Å². The number of hydrogen-bond acceptors (Lipinski definition) is 0. The molecule has 0 saturated carbocycles. The molecule has 50 heavy (non-hydrogen) atoms. The van der Waals surface area contributed by atoms with E-state index in [4.69, 9.17) is 23.2 Å². The van der Waals surface area contributed by atoms with Gasteiger partial charge in [-0.05, 0) is 0 Å². The monoisotopic (exact) mass is 766 g/mol. The molecule has 0 spiro atoms. The molecular formula is C47H42Cl2Zr. The number of allylic oxidation sites excluding steroid dienone is 4. The molecule has 0 aromatic heterocycles. The summed E-state index contributed by atoms with van der Waals surface area (Å²) < 4.78 is 4.59. The van der Waals surface area contributed by atoms with Crippen LogP contribution in [-0.2, 0) is 38.5 Å². The van der Waals surface area contributed by atoms with Crippen LogP contribution in [0.15, 0.2) is 125 Å². The molecule has 2 aliphatic carbocycles. The molecule has 6 aromatic carbocycles. The van der Waals surface area contributed by atoms with Crippen LogP contribution >= 0.6 is 23.2 Å². The van der Waals surface area contributed by atoms with Crippen LogP contribution in [0.1, 0.15) is 81.3 Å². The van der Waals surface area contributed by atoms with E-state index in [2.05, 4.69) is 163 Å². The number of benzene rings is 6. The quantitative estimate of drug-likeness (QED) is 0.167. The molecule has 0 fully saturated rings. The fourth-order valence-corrected chi connectivity index (χ4v) is 16.4. The van der Waals surface area contributed by atoms with Crippen molar-refractivity contribution in [2.75, 3.05) is 0 Å². The summed E-state index contributed by atoms with van der Waals surface area (Å²) in [6.07, 6.45) is 8.99. The molecule has 6 aromatic rings. The van der Waals surface area contributed by atoms with E-state index in [-0.39, 0.29) is 10.8 Å². The van der Waals surface area contributed by atoms with Crippen molar-refractivity contribution in [1.29, 1.82) is 0 Å². The second-order valence-electron chi connectivity index (χ2n) is 16.0. The van der Waals surface area contributed by atoms with E-state index in [1.807, 2.05) is 0 Å². The standard InChI is InChI=1S/C21H12Cl2.C21H25.C5H5.Zr/c22-18-10-14-5-1-3-7-20(14)16(12-18)9-17-13-19(23)11-15-6-2-4-8-21(15)17;1-20(2,3)16-9-7-14-11-15-8-10-17(21(4,5)6)13-19(15)18(14)12-16;1-2-4-5-3-1;/h1-8,10-13H;7,9-10,12-13H,11H2,1-6H3;1-3H,4H2;. The van der Waals surface area contributed by atoms with Crippen LogP contribution < -0.4 is 3.27 Å². The van der Waals surface area contributed by atoms with Gasteiger partial charge in [0, 0.05) is 0 Å². The zero-order valence-electron chi connectivity index (χ0n) is 29.7. The molecule has 0 nitrogen and oxygen atoms in total. The van der Waals surface area contributed by atoms with Crippen LogP contribution in [0.4, 0.5) is 0 Å². The summed E-state index contributed by atoms with van der Waals surface area (Å²) in [6, 6.07) is 38.5. The summed E-state index contributed by atoms with van der Waals surface area (Å²) in [6.45, 7) is 14.0. The van der Waals surface area contributed by atoms with E-state index in [1.165, 1.54) is 58.5 Å². The summed E-state index contributed by atoms with van der Waals surface area (Å²) in [5.41, 5.74) is 11.1. The summed E-state index contributed by atoms with van der Waals surface area (Å²) >= 11 is 11.0. The van der Waals surface area contributed by atoms with Crippen molar-refractivity contribution < 1.29 is 21.3 Å². The second kappa shape index (κ2) is 12.7. The van der Waals surface area contributed by atoms with Crippen molar-refractivity contribution in [3.63, 3.8) is 0 Å². The number of rotatable bonds is 4. The van der Waals surface area contributed by atoms with E-state index >= 15 is 0 Å². The Bertz CT molecular complexity index is 2370. The van der Waals surface area contributed by atoms with Crippen LogP contribution in [0.3, 0.4) is 0 Å². The average molecular weight is 769 g/mol. The van der Waals surface area contributed by atoms with Gasteiger partial charge in [-0.3, -0.25) is 0 Å². The Hall–Kier alpha value is -3.35. The molecule has 0 amide bonds. The van der Waals surface area contributed by atoms with Crippen molar-refractivity contribution in [2.24, 2.45) is 0 Å². The van der Waals surface area contributed by atoms with E-state index in [1.54, 1.807) is 6.55 Å². The minimum atomic E-state index is -3.09. The molecule has 3 heteroatoms. The Morgan fingerprint density at radius 3 is 1.76 bits per heavy atom. The molecule has 0 atom stereocenters. The van der Waals surface area contributed by atoms with Gasteiger partial charge >= 0.3 is 317 Å². The summed E-state index contributed by atoms with van der Waals surface area (Å²) in [4.78, 5) is 0. The Balaban J connectivity index is 1.57. The van der Waals surface area contributed by atoms with Gasteiger partial charge in [-0.15, -0.1) is 0 Å². The first-order chi connectivity index (χ1) is 23.9. The Labute approximate surface area is 314 Å². The van der Waals surface area contributed by atoms with Crippen LogP contribution in [-0.4, -0.2) is 3.21 Å². The van der Waals surface area contributed by atoms with Crippen LogP contribution in [0.2, 0.25) is 10.0 Å². The van der Waals surface area contributed by atoms with Gasteiger partial charge in [-0.1, -0.05) is 0 Å². The molecule has 0 aliphatic heterocycles. The Kier molecular flexibility index (Phi) is 8.58. The maximum atomic E-state index is 7.06. The molecular weight excluding hydrogens is 727 g/mol. The van der Waals surface area contributed by atoms with E-state index in [9.17, 15) is 0 Å². The first-order valence-corrected chi connectivity index (χ1v) is 22.1. The van der Waals surface area contributed by atoms with Gasteiger partial charge in [0.25, 0.3) is 0 Å². The van der Waals surface area contributed by atoms with Crippen molar-refractivity contribution in [2.45, 2.75) is 65.2 Å². The van der Waals surface area contributed by atoms with Crippen molar-refractivity contribution >= 4 is 51.2 Å². The van der Waals surface area contributed by atoms with Crippen molar-refractivity contribution in [1.82, 2.24) is 0 Å². The number of halogens is 2. The van der Waals surface area contributed by atoms with Crippen LogP contribution in [0.25, 0.3) is 32.7 Å². The third kappa shape index (κ3) is 6.04. The zero-order chi connectivity index (χ0) is 34.9. The van der Waals surface area contributed by atoms with Crippen LogP contribution in [0.5, 0.6) is 0 Å². The molecule has 0 saturated heterocycles. The molecule has 0 bridgehead atoms. The molecule has 2 aliphatic rings. The van der Waals surface area contributed by atoms with E-state index < -0.39 is 21.3 Å². The minimum absolute atomic E-state index is 0.0174. The molecule has 0 unspecified atom stereocenters. The molecule has 0 N–H and O–H groups in total. The average Bonchev–Trinajstić information content (AvgIpc) is 3.73. The van der Waals surface area contributed by atoms with Crippen molar-refractivity contribution in [3.05, 3.63) is 168 Å². The fourth-order valence-electron chi connectivity index (χ4n) is 7.87. The molecule has 248 valence electrons. The fraction of sp³-hybridized carbons (Fsp3) is 0.213. The third-order valence-corrected chi connectivity index (χ3v) is 18.5. The number of hydrogen-bond donors (Lipinski definition) is 0. The third-order valence-electron chi connectivity index (χ3n) is 10.6. The van der Waals surface area contributed by atoms with Crippen molar-refractivity contribution in [3.8, 4) is 11.1 Å². The Morgan fingerprint density at radius 2 is 1.20 bits per heavy atom. The van der Waals surface area contributed by atoms with Gasteiger partial charge < -0.3 is 0 Å². The summed E-state index contributed by atoms with van der Waals surface area (Å²) in [7, 11) is 0. The molecule has 0 heterocycles. The van der Waals surface area contributed by atoms with E-state index in [0.29, 0.717) is 0 Å². The normalized spacial score (nSPS) is 13.9. The predicted octanol–water partition coefficient (Wildman–Crippen LogP) is 12.8. The number of fused-ring (bicyclic) bond motifs is 5. The summed E-state index contributed by atoms with van der Waals surface area (Å²) in [5.74, 6) is 0. The SMILES string of the molecule is CC(C)(C)c1ccc2c(c1)-c1cc(C(C)(C)C)c[c]([Zr]([C]3=CC=CC3)=[C](c3cc(Cl)cc4ccccc34)c3cc(Cl)cc4ccccc34)c1C2. The van der Waals surface area contributed by atoms with Gasteiger partial charge in [0.1, 0.15) is 0 Å². The van der Waals surface area contributed by atoms with Gasteiger partial charge in [0.2, 0.25) is 0 Å². The maximum absolute atomic E-state index is 7.06. The van der Waals surface area contributed by atoms with Crippen LogP contribution in [0, 0.1) is 0 Å². The van der Waals surface area contributed by atoms with Gasteiger partial charge in [0.15, 0.2) is 0 Å². The van der Waals surface area contributed by atoms with Gasteiger partial charge in [-0.2, -0.15) is 0 Å². The first-order valence-electron chi connectivity index (χ1n) is 17.7. The Morgan fingerprint density at radius 1 is 0.620 bits per heavy atom. The zero-order valence-corrected chi connectivity index (χ0v) is 33.7. The first kappa shape index (κ1) is 33.8. The molecule has 8 rings (SSSR count).